The highest BCUT2D eigenvalue weighted by Gasteiger charge is 2.61. The summed E-state index contributed by atoms with van der Waals surface area (Å²) in [6, 6.07) is 6.20. The second kappa shape index (κ2) is 16.6. The molecule has 2 aromatic rings. The summed E-state index contributed by atoms with van der Waals surface area (Å²) in [4.78, 5) is 74.8. The van der Waals surface area contributed by atoms with E-state index in [1.165, 1.54) is 11.0 Å². The number of rotatable bonds is 17. The summed E-state index contributed by atoms with van der Waals surface area (Å²) in [7, 11) is -2.28. The molecule has 2 aliphatic carbocycles. The molecule has 13 nitrogen and oxygen atoms in total. The molecule has 1 aliphatic heterocycles. The molecule has 0 unspecified atom stereocenters. The molecule has 2 saturated carbocycles. The van der Waals surface area contributed by atoms with Gasteiger partial charge in [-0.05, 0) is 93.5 Å². The van der Waals surface area contributed by atoms with Gasteiger partial charge in [-0.3, -0.25) is 28.7 Å². The van der Waals surface area contributed by atoms with Crippen LogP contribution < -0.4 is 14.2 Å². The average Bonchev–Trinajstić information content (AvgIpc) is 4.04. The topological polar surface area (TPSA) is 175 Å². The van der Waals surface area contributed by atoms with Gasteiger partial charge in [0.15, 0.2) is 11.6 Å². The van der Waals surface area contributed by atoms with Crippen LogP contribution in [0.1, 0.15) is 106 Å². The van der Waals surface area contributed by atoms with Crippen molar-refractivity contribution < 1.29 is 46.6 Å². The molecule has 3 fully saturated rings. The zero-order valence-corrected chi connectivity index (χ0v) is 34.7. The fraction of sp³-hybridized carbons (Fsp3) is 0.619. The van der Waals surface area contributed by atoms with Crippen LogP contribution in [0.25, 0.3) is 10.8 Å². The molecule has 0 radical (unpaired) electrons. The van der Waals surface area contributed by atoms with Crippen molar-refractivity contribution in [1.29, 1.82) is 0 Å². The lowest BCUT2D eigenvalue weighted by atomic mass is 9.90. The Labute approximate surface area is 330 Å². The van der Waals surface area contributed by atoms with Crippen molar-refractivity contribution in [2.24, 2.45) is 22.7 Å². The Balaban J connectivity index is 1.44. The largest absolute Gasteiger partial charge is 0.497 e. The van der Waals surface area contributed by atoms with Gasteiger partial charge in [0, 0.05) is 36.8 Å². The lowest BCUT2D eigenvalue weighted by Gasteiger charge is -2.29. The van der Waals surface area contributed by atoms with E-state index in [2.05, 4.69) is 9.71 Å². The molecule has 5 atom stereocenters. The SMILES string of the molecule is CC[C@@H]1C[C@]1(CC(=O)[C@@H]1C[C@@H](Oc2nccc3cc(OC)ccc23)CN1C(=O)[C@H](CCC(=O)/C=C/C(C)(C)C)CC(=O)OC(C)(C)C)C(=O)NS(=O)(=O)C1CC1. The van der Waals surface area contributed by atoms with Gasteiger partial charge in [-0.1, -0.05) is 40.2 Å². The van der Waals surface area contributed by atoms with Crippen molar-refractivity contribution in [3.63, 3.8) is 0 Å². The van der Waals surface area contributed by atoms with Crippen molar-refractivity contribution in [3.05, 3.63) is 42.6 Å². The van der Waals surface area contributed by atoms with Crippen molar-refractivity contribution in [3.8, 4) is 11.6 Å². The number of ether oxygens (including phenoxy) is 3. The number of ketones is 2. The number of methoxy groups -OCH3 is 1. The van der Waals surface area contributed by atoms with Crippen LogP contribution in [-0.2, 0) is 38.7 Å². The second-order valence-corrected chi connectivity index (χ2v) is 19.6. The van der Waals surface area contributed by atoms with Crippen LogP contribution in [0.5, 0.6) is 11.6 Å². The summed E-state index contributed by atoms with van der Waals surface area (Å²) in [5.41, 5.74) is -2.28. The smallest absolute Gasteiger partial charge is 0.307 e. The molecule has 1 saturated heterocycles. The minimum absolute atomic E-state index is 0.0154. The quantitative estimate of drug-likeness (QED) is 0.150. The number of nitrogens with one attached hydrogen (secondary N) is 1. The first-order valence-corrected chi connectivity index (χ1v) is 21.1. The first-order chi connectivity index (χ1) is 26.1. The summed E-state index contributed by atoms with van der Waals surface area (Å²) < 4.78 is 45.2. The van der Waals surface area contributed by atoms with E-state index in [0.717, 1.165) is 5.39 Å². The Morgan fingerprint density at radius 1 is 1.07 bits per heavy atom. The van der Waals surface area contributed by atoms with E-state index in [1.807, 2.05) is 45.9 Å². The van der Waals surface area contributed by atoms with Crippen molar-refractivity contribution >= 4 is 50.1 Å². The number of nitrogens with zero attached hydrogens (tertiary/aromatic N) is 2. The minimum Gasteiger partial charge on any atom is -0.497 e. The van der Waals surface area contributed by atoms with Crippen LogP contribution in [0.15, 0.2) is 42.6 Å². The molecule has 1 aromatic carbocycles. The molecule has 3 aliphatic rings. The molecule has 0 spiro atoms. The van der Waals surface area contributed by atoms with Gasteiger partial charge in [-0.25, -0.2) is 13.4 Å². The highest BCUT2D eigenvalue weighted by molar-refractivity contribution is 7.90. The minimum atomic E-state index is -3.85. The number of allylic oxidation sites excluding steroid dienone is 2. The van der Waals surface area contributed by atoms with Gasteiger partial charge in [0.2, 0.25) is 27.7 Å². The molecule has 5 rings (SSSR count). The number of hydrogen-bond donors (Lipinski definition) is 1. The molecule has 14 heteroatoms. The van der Waals surface area contributed by atoms with Gasteiger partial charge >= 0.3 is 5.97 Å². The van der Waals surface area contributed by atoms with E-state index in [-0.39, 0.29) is 55.8 Å². The predicted molar refractivity (Wildman–Crippen MR) is 210 cm³/mol. The summed E-state index contributed by atoms with van der Waals surface area (Å²) in [6.45, 7) is 12.9. The van der Waals surface area contributed by atoms with Crippen molar-refractivity contribution in [2.75, 3.05) is 13.7 Å². The van der Waals surface area contributed by atoms with Crippen molar-refractivity contribution in [2.45, 2.75) is 129 Å². The maximum Gasteiger partial charge on any atom is 0.307 e. The highest BCUT2D eigenvalue weighted by atomic mass is 32.2. The zero-order valence-electron chi connectivity index (χ0n) is 33.9. The van der Waals surface area contributed by atoms with E-state index in [9.17, 15) is 32.4 Å². The number of carbonyl (C=O) groups is 5. The van der Waals surface area contributed by atoms with Crippen LogP contribution in [0.4, 0.5) is 0 Å². The fourth-order valence-electron chi connectivity index (χ4n) is 7.43. The molecule has 56 heavy (non-hydrogen) atoms. The third-order valence-electron chi connectivity index (χ3n) is 10.7. The number of esters is 1. The van der Waals surface area contributed by atoms with Crippen LogP contribution >= 0.6 is 0 Å². The summed E-state index contributed by atoms with van der Waals surface area (Å²) in [5.74, 6) is -2.69. The summed E-state index contributed by atoms with van der Waals surface area (Å²) >= 11 is 0. The number of benzene rings is 1. The third kappa shape index (κ3) is 10.7. The molecule has 2 amide bonds. The molecule has 2 heterocycles. The normalized spacial score (nSPS) is 23.1. The highest BCUT2D eigenvalue weighted by Crippen LogP contribution is 2.58. The number of hydrogen-bond acceptors (Lipinski definition) is 11. The van der Waals surface area contributed by atoms with E-state index in [0.29, 0.717) is 42.7 Å². The maximum atomic E-state index is 14.7. The number of pyridine rings is 1. The molecule has 306 valence electrons. The second-order valence-electron chi connectivity index (χ2n) is 17.7. The Morgan fingerprint density at radius 3 is 2.39 bits per heavy atom. The van der Waals surface area contributed by atoms with Crippen LogP contribution in [0.2, 0.25) is 0 Å². The monoisotopic (exact) mass is 795 g/mol. The number of likely N-dealkylation sites (tertiary alicyclic amines) is 1. The molecular formula is C42H57N3O10S. The Hall–Kier alpha value is -4.33. The fourth-order valence-corrected chi connectivity index (χ4v) is 8.81. The third-order valence-corrected chi connectivity index (χ3v) is 12.5. The van der Waals surface area contributed by atoms with Gasteiger partial charge in [0.1, 0.15) is 17.5 Å². The van der Waals surface area contributed by atoms with Gasteiger partial charge in [0.25, 0.3) is 0 Å². The molecular weight excluding hydrogens is 739 g/mol. The number of fused-ring (bicyclic) bond motifs is 1. The maximum absolute atomic E-state index is 14.7. The van der Waals surface area contributed by atoms with Gasteiger partial charge in [-0.15, -0.1) is 0 Å². The standard InChI is InChI=1S/C42H57N3O10S/c1-9-28-23-42(28,39(50)44-56(51,52)32-13-14-32)24-35(47)34-22-31(54-37-33-15-12-30(53-8)20-26(33)17-19-43-37)25-45(34)38(49)27(21-36(48)55-41(5,6)7)10-11-29(46)16-18-40(2,3)4/h12,15-20,27-28,31-32,34H,9-11,13-14,21-25H2,1-8H3,(H,44,50)/b18-16+/t27-,28-,31-,34+,42-/m1/s1. The van der Waals surface area contributed by atoms with E-state index < -0.39 is 67.9 Å². The first kappa shape index (κ1) is 42.8. The Bertz CT molecular complexity index is 1980. The summed E-state index contributed by atoms with van der Waals surface area (Å²) in [6.07, 6.45) is 5.55. The number of Topliss-reactive ketones (excluding diaryl/α,β-unsaturated/α-hetero) is 1. The van der Waals surface area contributed by atoms with E-state index >= 15 is 0 Å². The van der Waals surface area contributed by atoms with Crippen LogP contribution in [0.3, 0.4) is 0 Å². The Morgan fingerprint density at radius 2 is 1.79 bits per heavy atom. The lowest BCUT2D eigenvalue weighted by Crippen LogP contribution is -2.46. The number of aromatic nitrogens is 1. The summed E-state index contributed by atoms with van der Waals surface area (Å²) in [5, 5.41) is 0.895. The molecule has 1 aromatic heterocycles. The van der Waals surface area contributed by atoms with E-state index in [4.69, 9.17) is 14.2 Å². The predicted octanol–water partition coefficient (Wildman–Crippen LogP) is 5.88. The number of carbonyl (C=O) groups excluding carboxylic acids is 5. The Kier molecular flexibility index (Phi) is 12.7. The zero-order chi connectivity index (χ0) is 41.2. The number of amides is 2. The lowest BCUT2D eigenvalue weighted by molar-refractivity contribution is -0.159. The van der Waals surface area contributed by atoms with E-state index in [1.54, 1.807) is 46.2 Å². The van der Waals surface area contributed by atoms with Crippen molar-refractivity contribution in [1.82, 2.24) is 14.6 Å². The van der Waals surface area contributed by atoms with Gasteiger partial charge in [-0.2, -0.15) is 0 Å². The average molecular weight is 796 g/mol. The molecule has 0 bridgehead atoms. The number of sulfonamides is 1. The van der Waals surface area contributed by atoms with Crippen LogP contribution in [-0.4, -0.2) is 84.3 Å². The van der Waals surface area contributed by atoms with Gasteiger partial charge in [0.05, 0.1) is 36.8 Å². The molecule has 1 N–H and O–H groups in total. The van der Waals surface area contributed by atoms with Crippen LogP contribution in [0, 0.1) is 22.7 Å². The first-order valence-electron chi connectivity index (χ1n) is 19.6. The van der Waals surface area contributed by atoms with Gasteiger partial charge < -0.3 is 19.1 Å².